The third kappa shape index (κ3) is 3.45. The number of hydrogen-bond acceptors (Lipinski definition) is 2. The predicted molar refractivity (Wildman–Crippen MR) is 89.1 cm³/mol. The molecule has 0 unspecified atom stereocenters. The lowest BCUT2D eigenvalue weighted by Gasteiger charge is -2.21. The van der Waals surface area contributed by atoms with Gasteiger partial charge in [-0.2, -0.15) is 0 Å². The first-order valence-corrected chi connectivity index (χ1v) is 7.58. The number of aromatic nitrogens is 1. The van der Waals surface area contributed by atoms with Crippen LogP contribution in [0.15, 0.2) is 36.7 Å². The number of ether oxygens (including phenoxy) is 1. The van der Waals surface area contributed by atoms with Crippen LogP contribution in [0.5, 0.6) is 5.75 Å². The Labute approximate surface area is 136 Å². The van der Waals surface area contributed by atoms with E-state index in [0.29, 0.717) is 28.8 Å². The number of rotatable bonds is 5. The first kappa shape index (κ1) is 16.4. The maximum atomic E-state index is 12.6. The van der Waals surface area contributed by atoms with Crippen LogP contribution < -0.4 is 4.74 Å². The van der Waals surface area contributed by atoms with Gasteiger partial charge in [-0.1, -0.05) is 25.4 Å². The van der Waals surface area contributed by atoms with E-state index in [0.717, 1.165) is 5.69 Å². The van der Waals surface area contributed by atoms with Crippen LogP contribution in [0.3, 0.4) is 0 Å². The number of halogens is 1. The molecule has 0 N–H and O–H groups in total. The number of carbonyl (C=O) groups is 1. The molecular formula is C17H21ClN2O2. The van der Waals surface area contributed by atoms with Gasteiger partial charge in [-0.05, 0) is 24.1 Å². The molecule has 2 aromatic rings. The van der Waals surface area contributed by atoms with E-state index in [9.17, 15) is 4.79 Å². The van der Waals surface area contributed by atoms with Gasteiger partial charge in [-0.3, -0.25) is 4.79 Å². The van der Waals surface area contributed by atoms with E-state index in [-0.39, 0.29) is 5.91 Å². The molecule has 0 aliphatic heterocycles. The molecule has 0 radical (unpaired) electrons. The van der Waals surface area contributed by atoms with Gasteiger partial charge in [0.1, 0.15) is 5.75 Å². The Morgan fingerprint density at radius 2 is 1.95 bits per heavy atom. The van der Waals surface area contributed by atoms with Gasteiger partial charge in [0.15, 0.2) is 0 Å². The number of benzene rings is 1. The average molecular weight is 321 g/mol. The first-order chi connectivity index (χ1) is 10.4. The number of nitrogens with zero attached hydrogens (tertiary/aromatic N) is 2. The van der Waals surface area contributed by atoms with E-state index in [1.807, 2.05) is 29.1 Å². The molecule has 2 rings (SSSR count). The van der Waals surface area contributed by atoms with Crippen molar-refractivity contribution in [3.63, 3.8) is 0 Å². The van der Waals surface area contributed by atoms with E-state index in [4.69, 9.17) is 16.3 Å². The van der Waals surface area contributed by atoms with Gasteiger partial charge in [0, 0.05) is 32.1 Å². The zero-order valence-corrected chi connectivity index (χ0v) is 14.1. The Morgan fingerprint density at radius 1 is 1.32 bits per heavy atom. The summed E-state index contributed by atoms with van der Waals surface area (Å²) in [7, 11) is 3.34. The Kier molecular flexibility index (Phi) is 5.14. The van der Waals surface area contributed by atoms with Crippen LogP contribution in [0.1, 0.15) is 24.2 Å². The summed E-state index contributed by atoms with van der Waals surface area (Å²) in [5.74, 6) is 0.828. The summed E-state index contributed by atoms with van der Waals surface area (Å²) in [6.07, 6.45) is 3.79. The van der Waals surface area contributed by atoms with Crippen LogP contribution in [0, 0.1) is 5.92 Å². The van der Waals surface area contributed by atoms with Crippen LogP contribution >= 0.6 is 11.6 Å². The van der Waals surface area contributed by atoms with Crippen molar-refractivity contribution in [1.29, 1.82) is 0 Å². The van der Waals surface area contributed by atoms with E-state index in [2.05, 4.69) is 13.8 Å². The highest BCUT2D eigenvalue weighted by atomic mass is 35.5. The minimum atomic E-state index is -0.0912. The summed E-state index contributed by atoms with van der Waals surface area (Å²) in [5, 5.41) is 0.512. The van der Waals surface area contributed by atoms with Crippen molar-refractivity contribution in [3.8, 4) is 11.4 Å². The highest BCUT2D eigenvalue weighted by Gasteiger charge is 2.20. The Balaban J connectivity index is 2.41. The molecule has 0 saturated carbocycles. The van der Waals surface area contributed by atoms with Crippen LogP contribution in [0.25, 0.3) is 5.69 Å². The Hall–Kier alpha value is -1.94. The van der Waals surface area contributed by atoms with Gasteiger partial charge in [0.2, 0.25) is 0 Å². The summed E-state index contributed by atoms with van der Waals surface area (Å²) in [6.45, 7) is 4.82. The quantitative estimate of drug-likeness (QED) is 0.838. The molecule has 0 aliphatic rings. The largest absolute Gasteiger partial charge is 0.496 e. The molecule has 0 fully saturated rings. The number of methoxy groups -OCH3 is 1. The van der Waals surface area contributed by atoms with E-state index in [1.54, 1.807) is 31.2 Å². The molecule has 1 amide bonds. The van der Waals surface area contributed by atoms with Crippen LogP contribution in [-0.2, 0) is 0 Å². The second kappa shape index (κ2) is 6.88. The predicted octanol–water partition coefficient (Wildman–Crippen LogP) is 3.87. The molecule has 4 nitrogen and oxygen atoms in total. The average Bonchev–Trinajstić information content (AvgIpc) is 2.99. The van der Waals surface area contributed by atoms with E-state index in [1.165, 1.54) is 0 Å². The van der Waals surface area contributed by atoms with Gasteiger partial charge in [-0.15, -0.1) is 0 Å². The molecule has 118 valence electrons. The Morgan fingerprint density at radius 3 is 2.50 bits per heavy atom. The first-order valence-electron chi connectivity index (χ1n) is 7.20. The number of carbonyl (C=O) groups excluding carboxylic acids is 1. The van der Waals surface area contributed by atoms with Gasteiger partial charge in [0.05, 0.1) is 23.4 Å². The van der Waals surface area contributed by atoms with Gasteiger partial charge < -0.3 is 14.2 Å². The monoisotopic (exact) mass is 320 g/mol. The second-order valence-electron chi connectivity index (χ2n) is 5.67. The van der Waals surface area contributed by atoms with Crippen molar-refractivity contribution in [2.45, 2.75) is 13.8 Å². The third-order valence-corrected chi connectivity index (χ3v) is 3.67. The summed E-state index contributed by atoms with van der Waals surface area (Å²) in [4.78, 5) is 14.3. The van der Waals surface area contributed by atoms with E-state index < -0.39 is 0 Å². The molecule has 0 bridgehead atoms. The number of hydrogen-bond donors (Lipinski definition) is 0. The minimum Gasteiger partial charge on any atom is -0.496 e. The second-order valence-corrected chi connectivity index (χ2v) is 6.08. The normalized spacial score (nSPS) is 10.8. The van der Waals surface area contributed by atoms with Crippen molar-refractivity contribution in [3.05, 3.63) is 47.2 Å². The summed E-state index contributed by atoms with van der Waals surface area (Å²) < 4.78 is 7.28. The lowest BCUT2D eigenvalue weighted by molar-refractivity contribution is 0.0776. The highest BCUT2D eigenvalue weighted by Crippen LogP contribution is 2.30. The lowest BCUT2D eigenvalue weighted by atomic mass is 10.1. The molecule has 22 heavy (non-hydrogen) atoms. The molecule has 1 aromatic heterocycles. The van der Waals surface area contributed by atoms with Gasteiger partial charge in [-0.25, -0.2) is 0 Å². The fourth-order valence-corrected chi connectivity index (χ4v) is 2.67. The molecule has 0 atom stereocenters. The lowest BCUT2D eigenvalue weighted by Crippen LogP contribution is -2.30. The minimum absolute atomic E-state index is 0.0912. The van der Waals surface area contributed by atoms with Gasteiger partial charge in [0.25, 0.3) is 5.91 Å². The molecule has 0 aliphatic carbocycles. The Bertz CT molecular complexity index is 651. The fraction of sp³-hybridized carbons (Fsp3) is 0.353. The molecule has 0 saturated heterocycles. The van der Waals surface area contributed by atoms with Crippen LogP contribution in [-0.4, -0.2) is 36.1 Å². The summed E-state index contributed by atoms with van der Waals surface area (Å²) in [5.41, 5.74) is 1.26. The molecule has 1 heterocycles. The van der Waals surface area contributed by atoms with Crippen molar-refractivity contribution in [1.82, 2.24) is 9.47 Å². The topological polar surface area (TPSA) is 34.5 Å². The van der Waals surface area contributed by atoms with Gasteiger partial charge >= 0.3 is 0 Å². The van der Waals surface area contributed by atoms with Crippen molar-refractivity contribution in [2.24, 2.45) is 5.92 Å². The zero-order chi connectivity index (χ0) is 16.3. The molecular weight excluding hydrogens is 300 g/mol. The van der Waals surface area contributed by atoms with Crippen molar-refractivity contribution < 1.29 is 9.53 Å². The molecule has 0 spiro atoms. The van der Waals surface area contributed by atoms with Crippen molar-refractivity contribution in [2.75, 3.05) is 20.7 Å². The SMILES string of the molecule is COc1cc(-n2cccc2)c(Cl)cc1C(=O)N(C)CC(C)C. The zero-order valence-electron chi connectivity index (χ0n) is 13.3. The highest BCUT2D eigenvalue weighted by molar-refractivity contribution is 6.33. The smallest absolute Gasteiger partial charge is 0.257 e. The standard InChI is InChI=1S/C17H21ClN2O2/c1-12(2)11-19(3)17(21)13-9-14(18)15(10-16(13)22-4)20-7-5-6-8-20/h5-10,12H,11H2,1-4H3. The maximum absolute atomic E-state index is 12.6. The maximum Gasteiger partial charge on any atom is 0.257 e. The van der Waals surface area contributed by atoms with Crippen LogP contribution in [0.2, 0.25) is 5.02 Å². The number of amides is 1. The summed E-state index contributed by atoms with van der Waals surface area (Å²) >= 11 is 6.36. The third-order valence-electron chi connectivity index (χ3n) is 3.37. The molecule has 5 heteroatoms. The summed E-state index contributed by atoms with van der Waals surface area (Å²) in [6, 6.07) is 7.30. The van der Waals surface area contributed by atoms with Crippen molar-refractivity contribution >= 4 is 17.5 Å². The molecule has 1 aromatic carbocycles. The van der Waals surface area contributed by atoms with E-state index >= 15 is 0 Å². The fourth-order valence-electron chi connectivity index (χ4n) is 2.41. The van der Waals surface area contributed by atoms with Crippen LogP contribution in [0.4, 0.5) is 0 Å².